The Balaban J connectivity index is 3.20. The van der Waals surface area contributed by atoms with E-state index in [4.69, 9.17) is 10.0 Å². The molecule has 0 aliphatic rings. The molecule has 1 aromatic rings. The second-order valence-corrected chi connectivity index (χ2v) is 3.53. The van der Waals surface area contributed by atoms with Gasteiger partial charge in [0.15, 0.2) is 0 Å². The number of carbonyl (C=O) groups is 1. The van der Waals surface area contributed by atoms with E-state index in [1.54, 1.807) is 12.1 Å². The average molecular weight is 192 g/mol. The summed E-state index contributed by atoms with van der Waals surface area (Å²) in [5.41, 5.74) is 1.58. The molecule has 0 radical (unpaired) electrons. The quantitative estimate of drug-likeness (QED) is 0.534. The first-order chi connectivity index (χ1) is 6.56. The highest BCUT2D eigenvalue weighted by Crippen LogP contribution is 2.13. The van der Waals surface area contributed by atoms with Crippen LogP contribution in [-0.4, -0.2) is 23.5 Å². The van der Waals surface area contributed by atoms with Crippen LogP contribution in [0.2, 0.25) is 0 Å². The fraction of sp³-hybridized carbons (Fsp3) is 0.300. The number of aldehydes is 1. The smallest absolute Gasteiger partial charge is 0.423 e. The summed E-state index contributed by atoms with van der Waals surface area (Å²) >= 11 is 0. The lowest BCUT2D eigenvalue weighted by molar-refractivity contribution is 0.112. The van der Waals surface area contributed by atoms with Crippen LogP contribution in [0.25, 0.3) is 0 Å². The van der Waals surface area contributed by atoms with E-state index in [2.05, 4.69) is 0 Å². The minimum atomic E-state index is -1.59. The highest BCUT2D eigenvalue weighted by Gasteiger charge is 2.16. The van der Waals surface area contributed by atoms with Crippen LogP contribution >= 0.6 is 0 Å². The lowest BCUT2D eigenvalue weighted by Gasteiger charge is -2.09. The van der Waals surface area contributed by atoms with E-state index in [1.807, 2.05) is 19.9 Å². The van der Waals surface area contributed by atoms with Gasteiger partial charge < -0.3 is 10.0 Å². The first-order valence-electron chi connectivity index (χ1n) is 4.51. The summed E-state index contributed by atoms with van der Waals surface area (Å²) < 4.78 is 0. The molecule has 3 nitrogen and oxygen atoms in total. The number of carbonyl (C=O) groups excluding carboxylic acids is 1. The van der Waals surface area contributed by atoms with Gasteiger partial charge in [0.25, 0.3) is 0 Å². The molecule has 0 bridgehead atoms. The summed E-state index contributed by atoms with van der Waals surface area (Å²) in [4.78, 5) is 10.6. The zero-order valence-electron chi connectivity index (χ0n) is 8.27. The Bertz CT molecular complexity index is 334. The first kappa shape index (κ1) is 11.0. The van der Waals surface area contributed by atoms with Gasteiger partial charge in [0, 0.05) is 5.56 Å². The molecule has 0 aromatic heterocycles. The normalized spacial score (nSPS) is 10.4. The Hall–Kier alpha value is -1.13. The molecule has 1 aromatic carbocycles. The summed E-state index contributed by atoms with van der Waals surface area (Å²) in [6, 6.07) is 5.08. The van der Waals surface area contributed by atoms with E-state index in [0.29, 0.717) is 17.8 Å². The van der Waals surface area contributed by atoms with E-state index in [9.17, 15) is 4.79 Å². The van der Waals surface area contributed by atoms with E-state index in [1.165, 1.54) is 0 Å². The van der Waals surface area contributed by atoms with Crippen molar-refractivity contribution in [1.82, 2.24) is 0 Å². The predicted octanol–water partition coefficient (Wildman–Crippen LogP) is 0.302. The van der Waals surface area contributed by atoms with E-state index >= 15 is 0 Å². The van der Waals surface area contributed by atoms with Gasteiger partial charge in [0.1, 0.15) is 6.29 Å². The minimum absolute atomic E-state index is 0.270. The van der Waals surface area contributed by atoms with E-state index < -0.39 is 7.12 Å². The highest BCUT2D eigenvalue weighted by atomic mass is 16.4. The molecule has 0 amide bonds. The van der Waals surface area contributed by atoms with Crippen LogP contribution in [0, 0.1) is 0 Å². The van der Waals surface area contributed by atoms with E-state index in [-0.39, 0.29) is 5.46 Å². The summed E-state index contributed by atoms with van der Waals surface area (Å²) in [5, 5.41) is 18.1. The third-order valence-electron chi connectivity index (χ3n) is 2.18. The van der Waals surface area contributed by atoms with Gasteiger partial charge in [-0.05, 0) is 16.9 Å². The van der Waals surface area contributed by atoms with E-state index in [0.717, 1.165) is 5.56 Å². The topological polar surface area (TPSA) is 57.5 Å². The summed E-state index contributed by atoms with van der Waals surface area (Å²) in [6.07, 6.45) is 0.624. The lowest BCUT2D eigenvalue weighted by Crippen LogP contribution is -2.33. The molecular formula is C10H13BO3. The van der Waals surface area contributed by atoms with Gasteiger partial charge in [-0.2, -0.15) is 0 Å². The number of benzene rings is 1. The van der Waals surface area contributed by atoms with Crippen molar-refractivity contribution in [2.24, 2.45) is 0 Å². The second-order valence-electron chi connectivity index (χ2n) is 3.53. The molecule has 0 spiro atoms. The third-order valence-corrected chi connectivity index (χ3v) is 2.18. The SMILES string of the molecule is CC(C)c1ccc(C=O)c(B(O)O)c1. The van der Waals surface area contributed by atoms with Crippen LogP contribution in [0.1, 0.15) is 35.7 Å². The van der Waals surface area contributed by atoms with Crippen molar-refractivity contribution >= 4 is 18.9 Å². The summed E-state index contributed by atoms with van der Waals surface area (Å²) in [6.45, 7) is 4.01. The van der Waals surface area contributed by atoms with Crippen LogP contribution in [-0.2, 0) is 0 Å². The second kappa shape index (κ2) is 4.40. The number of rotatable bonds is 3. The molecule has 4 heteroatoms. The molecule has 0 aliphatic heterocycles. The maximum Gasteiger partial charge on any atom is 0.489 e. The molecule has 0 saturated heterocycles. The Kier molecular flexibility index (Phi) is 3.44. The molecule has 0 saturated carbocycles. The van der Waals surface area contributed by atoms with Gasteiger partial charge in [-0.15, -0.1) is 0 Å². The monoisotopic (exact) mass is 192 g/mol. The fourth-order valence-corrected chi connectivity index (χ4v) is 1.28. The van der Waals surface area contributed by atoms with Crippen LogP contribution in [0.4, 0.5) is 0 Å². The van der Waals surface area contributed by atoms with Crippen molar-refractivity contribution in [3.63, 3.8) is 0 Å². The maximum atomic E-state index is 10.6. The Morgan fingerprint density at radius 3 is 2.43 bits per heavy atom. The van der Waals surface area contributed by atoms with Crippen LogP contribution < -0.4 is 5.46 Å². The van der Waals surface area contributed by atoms with Crippen LogP contribution in [0.15, 0.2) is 18.2 Å². The molecule has 0 heterocycles. The molecule has 14 heavy (non-hydrogen) atoms. The van der Waals surface area contributed by atoms with Crippen molar-refractivity contribution in [1.29, 1.82) is 0 Å². The maximum absolute atomic E-state index is 10.6. The highest BCUT2D eigenvalue weighted by molar-refractivity contribution is 6.60. The minimum Gasteiger partial charge on any atom is -0.423 e. The zero-order chi connectivity index (χ0) is 10.7. The van der Waals surface area contributed by atoms with Crippen LogP contribution in [0.3, 0.4) is 0 Å². The zero-order valence-corrected chi connectivity index (χ0v) is 8.27. The third kappa shape index (κ3) is 2.22. The molecule has 74 valence electrons. The Morgan fingerprint density at radius 1 is 1.36 bits per heavy atom. The van der Waals surface area contributed by atoms with Gasteiger partial charge >= 0.3 is 7.12 Å². The summed E-state index contributed by atoms with van der Waals surface area (Å²) in [7, 11) is -1.59. The molecule has 1 rings (SSSR count). The van der Waals surface area contributed by atoms with Crippen molar-refractivity contribution in [2.45, 2.75) is 19.8 Å². The van der Waals surface area contributed by atoms with Gasteiger partial charge in [-0.25, -0.2) is 0 Å². The molecular weight excluding hydrogens is 179 g/mol. The molecule has 0 fully saturated rings. The van der Waals surface area contributed by atoms with Gasteiger partial charge in [-0.1, -0.05) is 32.0 Å². The average Bonchev–Trinajstić information content (AvgIpc) is 2.16. The molecule has 0 unspecified atom stereocenters. The van der Waals surface area contributed by atoms with Gasteiger partial charge in [-0.3, -0.25) is 4.79 Å². The van der Waals surface area contributed by atoms with Crippen molar-refractivity contribution in [3.05, 3.63) is 29.3 Å². The van der Waals surface area contributed by atoms with Gasteiger partial charge in [0.05, 0.1) is 0 Å². The van der Waals surface area contributed by atoms with Crippen molar-refractivity contribution < 1.29 is 14.8 Å². The number of hydrogen-bond donors (Lipinski definition) is 2. The fourth-order valence-electron chi connectivity index (χ4n) is 1.28. The van der Waals surface area contributed by atoms with Crippen molar-refractivity contribution in [2.75, 3.05) is 0 Å². The molecule has 0 atom stereocenters. The lowest BCUT2D eigenvalue weighted by atomic mass is 9.75. The van der Waals surface area contributed by atoms with Crippen molar-refractivity contribution in [3.8, 4) is 0 Å². The first-order valence-corrected chi connectivity index (χ1v) is 4.51. The Labute approximate surface area is 83.5 Å². The molecule has 0 aliphatic carbocycles. The number of hydrogen-bond acceptors (Lipinski definition) is 3. The van der Waals surface area contributed by atoms with Crippen LogP contribution in [0.5, 0.6) is 0 Å². The Morgan fingerprint density at radius 2 is 2.00 bits per heavy atom. The standard InChI is InChI=1S/C10H13BO3/c1-7(2)8-3-4-9(6-12)10(5-8)11(13)14/h3-7,13-14H,1-2H3. The largest absolute Gasteiger partial charge is 0.489 e. The van der Waals surface area contributed by atoms with Gasteiger partial charge in [0.2, 0.25) is 0 Å². The summed E-state index contributed by atoms with van der Waals surface area (Å²) in [5.74, 6) is 0.299. The molecule has 2 N–H and O–H groups in total. The predicted molar refractivity (Wildman–Crippen MR) is 55.7 cm³/mol.